The number of carboxylic acids is 1. The van der Waals surface area contributed by atoms with Crippen LogP contribution in [-0.4, -0.2) is 32.8 Å². The van der Waals surface area contributed by atoms with Crippen molar-refractivity contribution in [3.63, 3.8) is 0 Å². The molecule has 0 amide bonds. The number of hydrogen-bond acceptors (Lipinski definition) is 3. The number of aliphatic hydroxyl groups excluding tert-OH is 1. The van der Waals surface area contributed by atoms with Crippen molar-refractivity contribution in [3.8, 4) is 0 Å². The van der Waals surface area contributed by atoms with Gasteiger partial charge in [0, 0.05) is 5.25 Å². The lowest BCUT2D eigenvalue weighted by atomic mass is 9.97. The van der Waals surface area contributed by atoms with Gasteiger partial charge in [-0.25, -0.2) is 0 Å². The van der Waals surface area contributed by atoms with Crippen molar-refractivity contribution >= 4 is 17.7 Å². The second kappa shape index (κ2) is 6.96. The second-order valence-corrected chi connectivity index (χ2v) is 6.49. The zero-order chi connectivity index (χ0) is 13.7. The molecule has 0 spiro atoms. The Morgan fingerprint density at radius 2 is 1.95 bits per heavy atom. The van der Waals surface area contributed by atoms with Gasteiger partial charge in [0.15, 0.2) is 0 Å². The van der Waals surface area contributed by atoms with Gasteiger partial charge in [0.05, 0.1) is 6.10 Å². The summed E-state index contributed by atoms with van der Waals surface area (Å²) in [7, 11) is 0. The van der Waals surface area contributed by atoms with E-state index < -0.39 is 11.2 Å². The van der Waals surface area contributed by atoms with Crippen molar-refractivity contribution in [1.29, 1.82) is 0 Å². The Morgan fingerprint density at radius 1 is 1.26 bits per heavy atom. The molecule has 1 aromatic carbocycles. The maximum absolute atomic E-state index is 11.4. The zero-order valence-electron chi connectivity index (χ0n) is 10.9. The van der Waals surface area contributed by atoms with Crippen LogP contribution in [0.3, 0.4) is 0 Å². The van der Waals surface area contributed by atoms with Crippen molar-refractivity contribution in [3.05, 3.63) is 35.9 Å². The predicted octanol–water partition coefficient (Wildman–Crippen LogP) is 2.72. The summed E-state index contributed by atoms with van der Waals surface area (Å²) in [5.41, 5.74) is 1.03. The van der Waals surface area contributed by atoms with E-state index in [2.05, 4.69) is 0 Å². The summed E-state index contributed by atoms with van der Waals surface area (Å²) < 4.78 is 0. The fraction of sp³-hybridized carbons (Fsp3) is 0.533. The molecule has 2 rings (SSSR count). The smallest absolute Gasteiger partial charge is 0.316 e. The van der Waals surface area contributed by atoms with Gasteiger partial charge in [-0.05, 0) is 24.8 Å². The van der Waals surface area contributed by atoms with E-state index in [-0.39, 0.29) is 11.4 Å². The first-order valence-electron chi connectivity index (χ1n) is 6.77. The van der Waals surface area contributed by atoms with E-state index in [1.54, 1.807) is 0 Å². The minimum atomic E-state index is -0.786. The largest absolute Gasteiger partial charge is 0.480 e. The molecular weight excluding hydrogens is 260 g/mol. The number of hydrogen-bond donors (Lipinski definition) is 2. The molecule has 0 heterocycles. The van der Waals surface area contributed by atoms with Gasteiger partial charge in [-0.2, -0.15) is 0 Å². The molecule has 1 aliphatic rings. The summed E-state index contributed by atoms with van der Waals surface area (Å²) in [6, 6.07) is 9.68. The van der Waals surface area contributed by atoms with Crippen LogP contribution in [-0.2, 0) is 11.2 Å². The number of rotatable bonds is 5. The van der Waals surface area contributed by atoms with Crippen LogP contribution in [0.1, 0.15) is 31.2 Å². The van der Waals surface area contributed by atoms with Gasteiger partial charge in [0.25, 0.3) is 0 Å². The fourth-order valence-electron chi connectivity index (χ4n) is 2.47. The lowest BCUT2D eigenvalue weighted by molar-refractivity contribution is -0.136. The van der Waals surface area contributed by atoms with Crippen LogP contribution in [0.4, 0.5) is 0 Å². The van der Waals surface area contributed by atoms with Crippen molar-refractivity contribution in [2.24, 2.45) is 0 Å². The van der Waals surface area contributed by atoms with Crippen LogP contribution in [0.2, 0.25) is 0 Å². The van der Waals surface area contributed by atoms with Crippen molar-refractivity contribution in [2.45, 2.75) is 48.7 Å². The molecule has 0 bridgehead atoms. The third kappa shape index (κ3) is 4.25. The lowest BCUT2D eigenvalue weighted by Crippen LogP contribution is -2.32. The van der Waals surface area contributed by atoms with Gasteiger partial charge in [-0.15, -0.1) is 11.8 Å². The summed E-state index contributed by atoms with van der Waals surface area (Å²) in [6.45, 7) is 0. The van der Waals surface area contributed by atoms with Crippen molar-refractivity contribution in [1.82, 2.24) is 0 Å². The summed E-state index contributed by atoms with van der Waals surface area (Å²) in [5, 5.41) is 18.9. The first kappa shape index (κ1) is 14.4. The number of benzene rings is 1. The molecule has 0 radical (unpaired) electrons. The van der Waals surface area contributed by atoms with Gasteiger partial charge >= 0.3 is 5.97 Å². The molecule has 3 unspecified atom stereocenters. The minimum Gasteiger partial charge on any atom is -0.480 e. The minimum absolute atomic E-state index is 0.0681. The van der Waals surface area contributed by atoms with E-state index in [1.807, 2.05) is 30.3 Å². The fourth-order valence-corrected chi connectivity index (χ4v) is 3.92. The van der Waals surface area contributed by atoms with Crippen LogP contribution in [0.15, 0.2) is 30.3 Å². The van der Waals surface area contributed by atoms with Gasteiger partial charge in [0.1, 0.15) is 5.25 Å². The molecular formula is C15H20O3S. The van der Waals surface area contributed by atoms with Crippen LogP contribution in [0.25, 0.3) is 0 Å². The Kier molecular flexibility index (Phi) is 5.28. The maximum Gasteiger partial charge on any atom is 0.316 e. The standard InChI is InChI=1S/C15H20O3S/c16-12-8-4-5-9-13(12)19-14(15(17)18)10-11-6-2-1-3-7-11/h1-3,6-7,12-14,16H,4-5,8-10H2,(H,17,18). The Morgan fingerprint density at radius 3 is 2.58 bits per heavy atom. The first-order valence-corrected chi connectivity index (χ1v) is 7.71. The summed E-state index contributed by atoms with van der Waals surface area (Å²) >= 11 is 1.43. The number of aliphatic hydroxyl groups is 1. The third-order valence-corrected chi connectivity index (χ3v) is 5.14. The average molecular weight is 280 g/mol. The van der Waals surface area contributed by atoms with Crippen LogP contribution >= 0.6 is 11.8 Å². The third-order valence-electron chi connectivity index (χ3n) is 3.55. The molecule has 104 valence electrons. The van der Waals surface area contributed by atoms with Crippen molar-refractivity contribution in [2.75, 3.05) is 0 Å². The lowest BCUT2D eigenvalue weighted by Gasteiger charge is -2.29. The highest BCUT2D eigenvalue weighted by atomic mass is 32.2. The second-order valence-electron chi connectivity index (χ2n) is 5.04. The number of carbonyl (C=O) groups is 1. The number of thioether (sulfide) groups is 1. The number of carboxylic acid groups (broad SMARTS) is 1. The van der Waals surface area contributed by atoms with Crippen molar-refractivity contribution < 1.29 is 15.0 Å². The molecule has 0 saturated heterocycles. The van der Waals surface area contributed by atoms with E-state index >= 15 is 0 Å². The highest BCUT2D eigenvalue weighted by molar-refractivity contribution is 8.01. The van der Waals surface area contributed by atoms with E-state index in [0.717, 1.165) is 31.2 Å². The normalized spacial score (nSPS) is 24.9. The summed E-state index contributed by atoms with van der Waals surface area (Å²) in [5.74, 6) is -0.786. The first-order chi connectivity index (χ1) is 9.16. The van der Waals surface area contributed by atoms with E-state index in [0.29, 0.717) is 6.42 Å². The Balaban J connectivity index is 1.98. The van der Waals surface area contributed by atoms with Gasteiger partial charge in [-0.1, -0.05) is 43.2 Å². The average Bonchev–Trinajstić information content (AvgIpc) is 2.41. The van der Waals surface area contributed by atoms with Crippen LogP contribution in [0.5, 0.6) is 0 Å². The SMILES string of the molecule is O=C(O)C(Cc1ccccc1)SC1CCCCC1O. The molecule has 3 nitrogen and oxygen atoms in total. The molecule has 4 heteroatoms. The zero-order valence-corrected chi connectivity index (χ0v) is 11.7. The maximum atomic E-state index is 11.4. The molecule has 1 saturated carbocycles. The monoisotopic (exact) mass is 280 g/mol. The predicted molar refractivity (Wildman–Crippen MR) is 77.4 cm³/mol. The van der Waals surface area contributed by atoms with Crippen LogP contribution < -0.4 is 0 Å². The molecule has 1 aromatic rings. The van der Waals surface area contributed by atoms with Crippen LogP contribution in [0, 0.1) is 0 Å². The molecule has 3 atom stereocenters. The van der Waals surface area contributed by atoms with Gasteiger partial charge < -0.3 is 10.2 Å². The molecule has 1 aliphatic carbocycles. The molecule has 2 N–H and O–H groups in total. The van der Waals surface area contributed by atoms with E-state index in [9.17, 15) is 15.0 Å². The summed E-state index contributed by atoms with van der Waals surface area (Å²) in [4.78, 5) is 11.4. The summed E-state index contributed by atoms with van der Waals surface area (Å²) in [6.07, 6.45) is 4.03. The van der Waals surface area contributed by atoms with Gasteiger partial charge in [-0.3, -0.25) is 4.79 Å². The highest BCUT2D eigenvalue weighted by Gasteiger charge is 2.29. The number of aliphatic carboxylic acids is 1. The Hall–Kier alpha value is -1.00. The molecule has 0 aromatic heterocycles. The molecule has 0 aliphatic heterocycles. The molecule has 19 heavy (non-hydrogen) atoms. The highest BCUT2D eigenvalue weighted by Crippen LogP contribution is 2.32. The molecule has 1 fully saturated rings. The van der Waals surface area contributed by atoms with E-state index in [1.165, 1.54) is 11.8 Å². The quantitative estimate of drug-likeness (QED) is 0.870. The van der Waals surface area contributed by atoms with Gasteiger partial charge in [0.2, 0.25) is 0 Å². The topological polar surface area (TPSA) is 57.5 Å². The Bertz CT molecular complexity index is 407. The van der Waals surface area contributed by atoms with E-state index in [4.69, 9.17) is 0 Å². The Labute approximate surface area is 118 Å².